The van der Waals surface area contributed by atoms with Gasteiger partial charge in [0.25, 0.3) is 0 Å². The van der Waals surface area contributed by atoms with Crippen molar-refractivity contribution in [2.75, 3.05) is 7.11 Å². The molecule has 3 nitrogen and oxygen atoms in total. The van der Waals surface area contributed by atoms with Gasteiger partial charge in [-0.3, -0.25) is 4.79 Å². The van der Waals surface area contributed by atoms with E-state index >= 15 is 0 Å². The summed E-state index contributed by atoms with van der Waals surface area (Å²) in [7, 11) is 1.27. The smallest absolute Gasteiger partial charge is 0.315 e. The van der Waals surface area contributed by atoms with Gasteiger partial charge in [0.05, 0.1) is 7.11 Å². The number of hydrogen-bond donors (Lipinski definition) is 1. The lowest BCUT2D eigenvalue weighted by Gasteiger charge is -2.29. The molecule has 17 heavy (non-hydrogen) atoms. The summed E-state index contributed by atoms with van der Waals surface area (Å²) in [5, 5.41) is 11.0. The van der Waals surface area contributed by atoms with Crippen LogP contribution in [0.2, 0.25) is 5.02 Å². The standard InChI is InChI=1S/C13H15ClO3/c1-4-11(12(15)17-3)13(2,16)9-5-7-10(14)8-6-9/h4-8,11,16H,1H2,2-3H3/t11-,13?/m0/s1. The predicted octanol–water partition coefficient (Wildman–Crippen LogP) is 2.52. The quantitative estimate of drug-likeness (QED) is 0.663. The Morgan fingerprint density at radius 2 is 2.06 bits per heavy atom. The van der Waals surface area contributed by atoms with Gasteiger partial charge in [-0.1, -0.05) is 29.8 Å². The van der Waals surface area contributed by atoms with E-state index in [0.29, 0.717) is 10.6 Å². The van der Waals surface area contributed by atoms with E-state index < -0.39 is 17.5 Å². The van der Waals surface area contributed by atoms with E-state index in [1.165, 1.54) is 13.2 Å². The number of esters is 1. The van der Waals surface area contributed by atoms with E-state index in [-0.39, 0.29) is 0 Å². The van der Waals surface area contributed by atoms with Crippen molar-refractivity contribution in [3.05, 3.63) is 47.5 Å². The molecule has 0 spiro atoms. The Kier molecular flexibility index (Phi) is 4.32. The minimum absolute atomic E-state index is 0.528. The predicted molar refractivity (Wildman–Crippen MR) is 66.7 cm³/mol. The van der Waals surface area contributed by atoms with Crippen LogP contribution in [-0.2, 0) is 15.1 Å². The van der Waals surface area contributed by atoms with E-state index in [9.17, 15) is 9.90 Å². The number of aliphatic hydroxyl groups is 1. The molecule has 0 aliphatic carbocycles. The molecule has 0 bridgehead atoms. The summed E-state index contributed by atoms with van der Waals surface area (Å²) >= 11 is 5.77. The molecule has 0 saturated carbocycles. The maximum atomic E-state index is 11.6. The van der Waals surface area contributed by atoms with Gasteiger partial charge in [0, 0.05) is 5.02 Å². The molecule has 0 radical (unpaired) electrons. The third-order valence-electron chi connectivity index (χ3n) is 2.73. The summed E-state index contributed by atoms with van der Waals surface area (Å²) < 4.78 is 4.64. The molecule has 0 aliphatic rings. The fourth-order valence-corrected chi connectivity index (χ4v) is 1.78. The lowest BCUT2D eigenvalue weighted by Crippen LogP contribution is -2.36. The first-order valence-electron chi connectivity index (χ1n) is 5.12. The number of carbonyl (C=O) groups is 1. The number of rotatable bonds is 4. The molecule has 0 fully saturated rings. The molecule has 92 valence electrons. The molecular formula is C13H15ClO3. The summed E-state index contributed by atoms with van der Waals surface area (Å²) in [4.78, 5) is 11.6. The highest BCUT2D eigenvalue weighted by Crippen LogP contribution is 2.31. The molecule has 1 unspecified atom stereocenters. The maximum Gasteiger partial charge on any atom is 0.315 e. The second kappa shape index (κ2) is 5.34. The van der Waals surface area contributed by atoms with E-state index in [4.69, 9.17) is 11.6 Å². The van der Waals surface area contributed by atoms with Crippen LogP contribution >= 0.6 is 11.6 Å². The summed E-state index contributed by atoms with van der Waals surface area (Å²) in [6.45, 7) is 5.09. The number of ether oxygens (including phenoxy) is 1. The monoisotopic (exact) mass is 254 g/mol. The summed E-state index contributed by atoms with van der Waals surface area (Å²) in [5.74, 6) is -1.35. The van der Waals surface area contributed by atoms with Gasteiger partial charge in [-0.25, -0.2) is 0 Å². The SMILES string of the molecule is C=C[C@@H](C(=O)OC)C(C)(O)c1ccc(Cl)cc1. The van der Waals surface area contributed by atoms with Gasteiger partial charge in [0.2, 0.25) is 0 Å². The van der Waals surface area contributed by atoms with Crippen molar-refractivity contribution in [2.45, 2.75) is 12.5 Å². The minimum atomic E-state index is -1.38. The van der Waals surface area contributed by atoms with Crippen LogP contribution in [0.5, 0.6) is 0 Å². The Hall–Kier alpha value is -1.32. The second-order valence-electron chi connectivity index (χ2n) is 3.89. The van der Waals surface area contributed by atoms with Crippen LogP contribution in [0.4, 0.5) is 0 Å². The van der Waals surface area contributed by atoms with E-state index in [1.807, 2.05) is 0 Å². The van der Waals surface area contributed by atoms with Gasteiger partial charge in [0.15, 0.2) is 0 Å². The topological polar surface area (TPSA) is 46.5 Å². The molecule has 4 heteroatoms. The molecule has 1 N–H and O–H groups in total. The van der Waals surface area contributed by atoms with Crippen molar-refractivity contribution in [2.24, 2.45) is 5.92 Å². The first kappa shape index (κ1) is 13.7. The average molecular weight is 255 g/mol. The third kappa shape index (κ3) is 2.87. The lowest BCUT2D eigenvalue weighted by molar-refractivity contribution is -0.152. The average Bonchev–Trinajstić information content (AvgIpc) is 2.29. The largest absolute Gasteiger partial charge is 0.468 e. The van der Waals surface area contributed by atoms with Crippen LogP contribution < -0.4 is 0 Å². The van der Waals surface area contributed by atoms with Crippen molar-refractivity contribution >= 4 is 17.6 Å². The van der Waals surface area contributed by atoms with Crippen LogP contribution in [0, 0.1) is 5.92 Å². The Balaban J connectivity index is 3.11. The molecule has 0 heterocycles. The molecular weight excluding hydrogens is 240 g/mol. The summed E-state index contributed by atoms with van der Waals surface area (Å²) in [6.07, 6.45) is 1.38. The molecule has 0 aliphatic heterocycles. The van der Waals surface area contributed by atoms with Gasteiger partial charge in [-0.05, 0) is 24.6 Å². The van der Waals surface area contributed by atoms with Gasteiger partial charge >= 0.3 is 5.97 Å². The first-order chi connectivity index (χ1) is 7.93. The zero-order valence-corrected chi connectivity index (χ0v) is 10.6. The number of hydrogen-bond acceptors (Lipinski definition) is 3. The van der Waals surface area contributed by atoms with Crippen molar-refractivity contribution in [1.29, 1.82) is 0 Å². The molecule has 1 aromatic rings. The van der Waals surface area contributed by atoms with Crippen molar-refractivity contribution < 1.29 is 14.6 Å². The fourth-order valence-electron chi connectivity index (χ4n) is 1.65. The summed E-state index contributed by atoms with van der Waals surface area (Å²) in [6, 6.07) is 6.65. The van der Waals surface area contributed by atoms with E-state index in [2.05, 4.69) is 11.3 Å². The number of methoxy groups -OCH3 is 1. The Morgan fingerprint density at radius 3 is 2.47 bits per heavy atom. The normalized spacial score (nSPS) is 15.8. The molecule has 1 aromatic carbocycles. The maximum absolute atomic E-state index is 11.6. The first-order valence-corrected chi connectivity index (χ1v) is 5.50. The van der Waals surface area contributed by atoms with Gasteiger partial charge in [-0.2, -0.15) is 0 Å². The number of benzene rings is 1. The van der Waals surface area contributed by atoms with Crippen molar-refractivity contribution in [1.82, 2.24) is 0 Å². The fraction of sp³-hybridized carbons (Fsp3) is 0.308. The third-order valence-corrected chi connectivity index (χ3v) is 2.98. The van der Waals surface area contributed by atoms with Crippen LogP contribution in [0.15, 0.2) is 36.9 Å². The Labute approximate surface area is 106 Å². The number of halogens is 1. The highest BCUT2D eigenvalue weighted by Gasteiger charge is 2.37. The van der Waals surface area contributed by atoms with Gasteiger partial charge < -0.3 is 9.84 Å². The highest BCUT2D eigenvalue weighted by molar-refractivity contribution is 6.30. The minimum Gasteiger partial charge on any atom is -0.468 e. The zero-order valence-electron chi connectivity index (χ0n) is 9.81. The molecule has 0 aromatic heterocycles. The summed E-state index contributed by atoms with van der Waals surface area (Å²) in [5.41, 5.74) is -0.795. The molecule has 1 rings (SSSR count). The number of carbonyl (C=O) groups excluding carboxylic acids is 1. The molecule has 0 saturated heterocycles. The Bertz CT molecular complexity index is 409. The Morgan fingerprint density at radius 1 is 1.53 bits per heavy atom. The second-order valence-corrected chi connectivity index (χ2v) is 4.33. The van der Waals surface area contributed by atoms with Gasteiger partial charge in [0.1, 0.15) is 11.5 Å². The van der Waals surface area contributed by atoms with Crippen LogP contribution in [-0.4, -0.2) is 18.2 Å². The van der Waals surface area contributed by atoms with E-state index in [1.54, 1.807) is 31.2 Å². The molecule has 2 atom stereocenters. The lowest BCUT2D eigenvalue weighted by atomic mass is 9.83. The van der Waals surface area contributed by atoms with Crippen LogP contribution in [0.1, 0.15) is 12.5 Å². The van der Waals surface area contributed by atoms with Crippen molar-refractivity contribution in [3.8, 4) is 0 Å². The van der Waals surface area contributed by atoms with E-state index in [0.717, 1.165) is 0 Å². The highest BCUT2D eigenvalue weighted by atomic mass is 35.5. The zero-order chi connectivity index (χ0) is 13.1. The van der Waals surface area contributed by atoms with Crippen LogP contribution in [0.3, 0.4) is 0 Å². The van der Waals surface area contributed by atoms with Crippen molar-refractivity contribution in [3.63, 3.8) is 0 Å². The molecule has 0 amide bonds. The van der Waals surface area contributed by atoms with Gasteiger partial charge in [-0.15, -0.1) is 6.58 Å². The van der Waals surface area contributed by atoms with Crippen LogP contribution in [0.25, 0.3) is 0 Å².